The van der Waals surface area contributed by atoms with Crippen LogP contribution in [0.5, 0.6) is 5.75 Å². The second-order valence-corrected chi connectivity index (χ2v) is 9.05. The monoisotopic (exact) mass is 540 g/mol. The highest BCUT2D eigenvalue weighted by Gasteiger charge is 2.17. The summed E-state index contributed by atoms with van der Waals surface area (Å²) < 4.78 is 16.2. The first kappa shape index (κ1) is 28.3. The number of hydrogen-bond donors (Lipinski definition) is 0. The van der Waals surface area contributed by atoms with Crippen LogP contribution in [0.3, 0.4) is 0 Å². The smallest absolute Gasteiger partial charge is 0.337 e. The van der Waals surface area contributed by atoms with E-state index in [1.54, 1.807) is 55.5 Å². The third-order valence-electron chi connectivity index (χ3n) is 5.68. The Morgan fingerprint density at radius 3 is 2.35 bits per heavy atom. The van der Waals surface area contributed by atoms with E-state index in [0.717, 1.165) is 27.8 Å². The zero-order valence-corrected chi connectivity index (χ0v) is 23.0. The SMILES string of the molecule is C/C=C(\C=C/COC(C)/C(=N\N(C)c1cc(Cl)cc(Cl)c1)c1ccc2cc(OC)ccc2c1)C(=O)OC. The molecular formula is C29H30Cl2N2O4. The van der Waals surface area contributed by atoms with Crippen LogP contribution in [0.25, 0.3) is 10.8 Å². The first-order chi connectivity index (χ1) is 17.7. The third kappa shape index (κ3) is 7.59. The predicted molar refractivity (Wildman–Crippen MR) is 152 cm³/mol. The Morgan fingerprint density at radius 2 is 1.70 bits per heavy atom. The second-order valence-electron chi connectivity index (χ2n) is 8.18. The van der Waals surface area contributed by atoms with Crippen molar-refractivity contribution in [3.05, 3.63) is 94.0 Å². The fourth-order valence-electron chi connectivity index (χ4n) is 3.68. The lowest BCUT2D eigenvalue weighted by atomic mass is 10.0. The van der Waals surface area contributed by atoms with Gasteiger partial charge >= 0.3 is 5.97 Å². The molecule has 0 aliphatic rings. The van der Waals surface area contributed by atoms with Crippen molar-refractivity contribution < 1.29 is 19.0 Å². The van der Waals surface area contributed by atoms with Crippen molar-refractivity contribution in [2.24, 2.45) is 5.10 Å². The molecule has 194 valence electrons. The molecule has 0 aromatic heterocycles. The van der Waals surface area contributed by atoms with Crippen molar-refractivity contribution in [2.75, 3.05) is 32.9 Å². The normalized spacial score (nSPS) is 13.2. The van der Waals surface area contributed by atoms with Gasteiger partial charge in [-0.25, -0.2) is 4.79 Å². The number of fused-ring (bicyclic) bond motifs is 1. The van der Waals surface area contributed by atoms with Gasteiger partial charge in [0.25, 0.3) is 0 Å². The van der Waals surface area contributed by atoms with Gasteiger partial charge in [0.1, 0.15) is 5.75 Å². The molecule has 0 aliphatic carbocycles. The lowest BCUT2D eigenvalue weighted by Crippen LogP contribution is -2.26. The average molecular weight is 541 g/mol. The van der Waals surface area contributed by atoms with Gasteiger partial charge in [0.15, 0.2) is 0 Å². The summed E-state index contributed by atoms with van der Waals surface area (Å²) in [7, 11) is 4.83. The Morgan fingerprint density at radius 1 is 1.03 bits per heavy atom. The van der Waals surface area contributed by atoms with E-state index in [1.165, 1.54) is 7.11 Å². The van der Waals surface area contributed by atoms with E-state index in [0.29, 0.717) is 21.3 Å². The molecule has 0 spiro atoms. The molecule has 3 rings (SSSR count). The molecule has 6 nitrogen and oxygen atoms in total. The van der Waals surface area contributed by atoms with E-state index in [4.69, 9.17) is 42.5 Å². The minimum Gasteiger partial charge on any atom is -0.497 e. The fraction of sp³-hybridized carbons (Fsp3) is 0.241. The summed E-state index contributed by atoms with van der Waals surface area (Å²) in [6, 6.07) is 17.3. The van der Waals surface area contributed by atoms with E-state index < -0.39 is 5.97 Å². The number of benzene rings is 3. The van der Waals surface area contributed by atoms with Crippen LogP contribution < -0.4 is 9.75 Å². The quantitative estimate of drug-likeness (QED) is 0.0903. The van der Waals surface area contributed by atoms with E-state index in [9.17, 15) is 4.79 Å². The Hall–Kier alpha value is -3.32. The summed E-state index contributed by atoms with van der Waals surface area (Å²) in [5.74, 6) is 0.395. The van der Waals surface area contributed by atoms with Crippen molar-refractivity contribution in [3.8, 4) is 5.75 Å². The van der Waals surface area contributed by atoms with Crippen LogP contribution in [0.15, 0.2) is 83.5 Å². The van der Waals surface area contributed by atoms with E-state index in [-0.39, 0.29) is 12.7 Å². The number of esters is 1. The van der Waals surface area contributed by atoms with Gasteiger partial charge < -0.3 is 14.2 Å². The highest BCUT2D eigenvalue weighted by molar-refractivity contribution is 6.35. The molecule has 1 atom stereocenters. The Bertz CT molecular complexity index is 1330. The van der Waals surface area contributed by atoms with E-state index in [1.807, 2.05) is 44.3 Å². The molecule has 0 amide bonds. The number of rotatable bonds is 10. The zero-order chi connectivity index (χ0) is 26.9. The molecular weight excluding hydrogens is 511 g/mol. The van der Waals surface area contributed by atoms with Gasteiger partial charge in [-0.05, 0) is 67.1 Å². The van der Waals surface area contributed by atoms with Crippen molar-refractivity contribution >= 4 is 51.3 Å². The molecule has 0 heterocycles. The first-order valence-corrected chi connectivity index (χ1v) is 12.4. The molecule has 1 unspecified atom stereocenters. The van der Waals surface area contributed by atoms with Crippen LogP contribution >= 0.6 is 23.2 Å². The third-order valence-corrected chi connectivity index (χ3v) is 6.12. The van der Waals surface area contributed by atoms with Crippen molar-refractivity contribution in [3.63, 3.8) is 0 Å². The minimum absolute atomic E-state index is 0.270. The van der Waals surface area contributed by atoms with Crippen LogP contribution in [0.2, 0.25) is 10.0 Å². The van der Waals surface area contributed by atoms with Gasteiger partial charge in [0.05, 0.1) is 43.9 Å². The van der Waals surface area contributed by atoms with Crippen LogP contribution in [-0.2, 0) is 14.3 Å². The molecule has 8 heteroatoms. The van der Waals surface area contributed by atoms with Gasteiger partial charge in [-0.2, -0.15) is 5.10 Å². The average Bonchev–Trinajstić information content (AvgIpc) is 2.89. The topological polar surface area (TPSA) is 60.4 Å². The molecule has 0 aliphatic heterocycles. The summed E-state index contributed by atoms with van der Waals surface area (Å²) >= 11 is 12.4. The van der Waals surface area contributed by atoms with Crippen LogP contribution in [0.4, 0.5) is 5.69 Å². The summed E-state index contributed by atoms with van der Waals surface area (Å²) in [5, 5.41) is 9.74. The highest BCUT2D eigenvalue weighted by atomic mass is 35.5. The number of halogens is 2. The molecule has 0 saturated carbocycles. The van der Waals surface area contributed by atoms with Gasteiger partial charge in [-0.1, -0.05) is 53.6 Å². The number of ether oxygens (including phenoxy) is 3. The van der Waals surface area contributed by atoms with Crippen LogP contribution in [-0.4, -0.2) is 45.7 Å². The molecule has 0 radical (unpaired) electrons. The van der Waals surface area contributed by atoms with Gasteiger partial charge in [-0.3, -0.25) is 5.01 Å². The molecule has 3 aromatic rings. The van der Waals surface area contributed by atoms with Crippen LogP contribution in [0, 0.1) is 0 Å². The molecule has 0 fully saturated rings. The summed E-state index contributed by atoms with van der Waals surface area (Å²) in [6.45, 7) is 3.98. The molecule has 37 heavy (non-hydrogen) atoms. The lowest BCUT2D eigenvalue weighted by Gasteiger charge is -2.21. The maximum atomic E-state index is 11.8. The number of carbonyl (C=O) groups is 1. The van der Waals surface area contributed by atoms with Crippen molar-refractivity contribution in [2.45, 2.75) is 20.0 Å². The highest BCUT2D eigenvalue weighted by Crippen LogP contribution is 2.27. The van der Waals surface area contributed by atoms with Crippen molar-refractivity contribution in [1.29, 1.82) is 0 Å². The number of allylic oxidation sites excluding steroid dienone is 1. The number of nitrogens with zero attached hydrogens (tertiary/aromatic N) is 2. The second kappa shape index (κ2) is 13.3. The number of anilines is 1. The maximum Gasteiger partial charge on any atom is 0.337 e. The molecule has 3 aromatic carbocycles. The predicted octanol–water partition coefficient (Wildman–Crippen LogP) is 7.08. The van der Waals surface area contributed by atoms with Gasteiger partial charge in [0, 0.05) is 22.7 Å². The minimum atomic E-state index is -0.399. The Balaban J connectivity index is 1.93. The molecule has 0 saturated heterocycles. The molecule has 0 N–H and O–H groups in total. The van der Waals surface area contributed by atoms with Crippen molar-refractivity contribution in [1.82, 2.24) is 0 Å². The number of hydrogen-bond acceptors (Lipinski definition) is 6. The zero-order valence-electron chi connectivity index (χ0n) is 21.5. The van der Waals surface area contributed by atoms with Crippen LogP contribution in [0.1, 0.15) is 19.4 Å². The molecule has 0 bridgehead atoms. The maximum absolute atomic E-state index is 11.8. The Kier molecular flexibility index (Phi) is 10.1. The number of methoxy groups -OCH3 is 2. The Labute approximate surface area is 227 Å². The van der Waals surface area contributed by atoms with E-state index in [2.05, 4.69) is 6.07 Å². The fourth-order valence-corrected chi connectivity index (χ4v) is 4.20. The van der Waals surface area contributed by atoms with Gasteiger partial charge in [0.2, 0.25) is 0 Å². The number of carbonyl (C=O) groups excluding carboxylic acids is 1. The largest absolute Gasteiger partial charge is 0.497 e. The van der Waals surface area contributed by atoms with E-state index >= 15 is 0 Å². The standard InChI is InChI=1S/C29H30Cl2N2O4/c1-6-20(29(34)36-5)8-7-13-37-19(2)28(32-33(3)26-17-24(30)16-25(31)18-26)23-10-9-22-15-27(35-4)12-11-21(22)14-23/h6-12,14-19H,13H2,1-5H3/b8-7-,20-6+,32-28+. The summed E-state index contributed by atoms with van der Waals surface area (Å²) in [6.07, 6.45) is 4.75. The number of hydrazone groups is 1. The lowest BCUT2D eigenvalue weighted by molar-refractivity contribution is -0.135. The summed E-state index contributed by atoms with van der Waals surface area (Å²) in [5.41, 5.74) is 2.81. The van der Waals surface area contributed by atoms with Gasteiger partial charge in [-0.15, -0.1) is 0 Å². The first-order valence-electron chi connectivity index (χ1n) is 11.6. The summed E-state index contributed by atoms with van der Waals surface area (Å²) in [4.78, 5) is 11.8.